The molecule has 0 spiro atoms. The second-order valence-corrected chi connectivity index (χ2v) is 4.14. The number of rotatable bonds is 3. The summed E-state index contributed by atoms with van der Waals surface area (Å²) in [5.74, 6) is -1.91. The molecule has 1 aromatic carbocycles. The van der Waals surface area contributed by atoms with Gasteiger partial charge in [-0.3, -0.25) is 4.79 Å². The molecule has 0 bridgehead atoms. The van der Waals surface area contributed by atoms with Crippen molar-refractivity contribution in [2.45, 2.75) is 6.18 Å². The number of nitrogens with zero attached hydrogens (tertiary/aromatic N) is 1. The molecule has 0 atom stereocenters. The number of hydrogen-bond donors (Lipinski definition) is 1. The molecule has 0 saturated carbocycles. The summed E-state index contributed by atoms with van der Waals surface area (Å²) in [6.07, 6.45) is -4.90. The zero-order chi connectivity index (χ0) is 13.1. The van der Waals surface area contributed by atoms with Crippen LogP contribution in [0.15, 0.2) is 28.7 Å². The number of carbonyl (C=O) groups excluding carboxylic acids is 1. The van der Waals surface area contributed by atoms with Crippen molar-refractivity contribution in [1.82, 2.24) is 0 Å². The van der Waals surface area contributed by atoms with Gasteiger partial charge >= 0.3 is 12.1 Å². The Morgan fingerprint density at radius 3 is 2.24 bits per heavy atom. The van der Waals surface area contributed by atoms with Crippen molar-refractivity contribution in [2.75, 3.05) is 18.0 Å². The molecule has 0 aliphatic rings. The van der Waals surface area contributed by atoms with E-state index < -0.39 is 12.1 Å². The molecule has 3 nitrogen and oxygen atoms in total. The minimum Gasteiger partial charge on any atom is -0.329 e. The minimum absolute atomic E-state index is 0.0438. The van der Waals surface area contributed by atoms with E-state index in [0.717, 1.165) is 0 Å². The van der Waals surface area contributed by atoms with Crippen LogP contribution >= 0.6 is 15.9 Å². The minimum atomic E-state index is -4.90. The van der Waals surface area contributed by atoms with Crippen LogP contribution in [-0.4, -0.2) is 25.2 Å². The van der Waals surface area contributed by atoms with Crippen LogP contribution < -0.4 is 10.6 Å². The molecule has 1 aromatic rings. The maximum atomic E-state index is 12.3. The van der Waals surface area contributed by atoms with Crippen LogP contribution in [0, 0.1) is 0 Å². The molecule has 1 rings (SSSR count). The van der Waals surface area contributed by atoms with E-state index in [1.807, 2.05) is 0 Å². The number of benzene rings is 1. The molecule has 0 aromatic heterocycles. The van der Waals surface area contributed by atoms with Gasteiger partial charge in [-0.15, -0.1) is 0 Å². The Kier molecular flexibility index (Phi) is 4.53. The van der Waals surface area contributed by atoms with Crippen LogP contribution in [0.4, 0.5) is 18.9 Å². The predicted molar refractivity (Wildman–Crippen MR) is 61.6 cm³/mol. The third kappa shape index (κ3) is 3.71. The fourth-order valence-electron chi connectivity index (χ4n) is 1.25. The van der Waals surface area contributed by atoms with E-state index in [-0.39, 0.29) is 18.8 Å². The number of carbonyl (C=O) groups is 1. The lowest BCUT2D eigenvalue weighted by molar-refractivity contribution is -0.170. The molecule has 1 amide bonds. The Morgan fingerprint density at radius 2 is 1.82 bits per heavy atom. The number of halogens is 4. The van der Waals surface area contributed by atoms with Gasteiger partial charge in [-0.1, -0.05) is 15.9 Å². The predicted octanol–water partition coefficient (Wildman–Crippen LogP) is 2.30. The van der Waals surface area contributed by atoms with Gasteiger partial charge in [0.15, 0.2) is 0 Å². The number of hydrogen-bond acceptors (Lipinski definition) is 2. The Morgan fingerprint density at radius 1 is 1.29 bits per heavy atom. The molecule has 7 heteroatoms. The van der Waals surface area contributed by atoms with Gasteiger partial charge < -0.3 is 10.6 Å². The van der Waals surface area contributed by atoms with E-state index in [1.54, 1.807) is 12.1 Å². The summed E-state index contributed by atoms with van der Waals surface area (Å²) in [5, 5.41) is 0. The third-order valence-electron chi connectivity index (χ3n) is 1.98. The molecule has 0 fully saturated rings. The molecular weight excluding hydrogens is 301 g/mol. The molecule has 94 valence electrons. The lowest BCUT2D eigenvalue weighted by Gasteiger charge is -2.23. The highest BCUT2D eigenvalue weighted by molar-refractivity contribution is 9.10. The zero-order valence-electron chi connectivity index (χ0n) is 8.67. The van der Waals surface area contributed by atoms with E-state index in [9.17, 15) is 18.0 Å². The van der Waals surface area contributed by atoms with Crippen molar-refractivity contribution in [3.05, 3.63) is 28.7 Å². The van der Waals surface area contributed by atoms with Gasteiger partial charge in [-0.2, -0.15) is 13.2 Å². The summed E-state index contributed by atoms with van der Waals surface area (Å²) in [6, 6.07) is 5.96. The quantitative estimate of drug-likeness (QED) is 0.931. The summed E-state index contributed by atoms with van der Waals surface area (Å²) >= 11 is 3.16. The third-order valence-corrected chi connectivity index (χ3v) is 2.51. The first-order valence-corrected chi connectivity index (χ1v) is 5.50. The lowest BCUT2D eigenvalue weighted by Crippen LogP contribution is -2.43. The molecule has 0 heterocycles. The van der Waals surface area contributed by atoms with Gasteiger partial charge in [0.2, 0.25) is 0 Å². The van der Waals surface area contributed by atoms with Gasteiger partial charge in [0.1, 0.15) is 0 Å². The first-order valence-electron chi connectivity index (χ1n) is 4.70. The Hall–Kier alpha value is -1.08. The SMILES string of the molecule is NCCN(C(=O)C(F)(F)F)c1ccc(Br)cc1. The average Bonchev–Trinajstić information content (AvgIpc) is 2.25. The monoisotopic (exact) mass is 310 g/mol. The normalized spacial score (nSPS) is 11.4. The van der Waals surface area contributed by atoms with Gasteiger partial charge in [-0.05, 0) is 24.3 Å². The smallest absolute Gasteiger partial charge is 0.329 e. The van der Waals surface area contributed by atoms with Crippen molar-refractivity contribution < 1.29 is 18.0 Å². The molecule has 0 aliphatic heterocycles. The van der Waals surface area contributed by atoms with E-state index in [2.05, 4.69) is 15.9 Å². The second-order valence-electron chi connectivity index (χ2n) is 3.22. The molecule has 17 heavy (non-hydrogen) atoms. The van der Waals surface area contributed by atoms with Crippen molar-refractivity contribution in [3.8, 4) is 0 Å². The summed E-state index contributed by atoms with van der Waals surface area (Å²) in [6.45, 7) is -0.224. The summed E-state index contributed by atoms with van der Waals surface area (Å²) in [7, 11) is 0. The number of alkyl halides is 3. The second kappa shape index (κ2) is 5.50. The van der Waals surface area contributed by atoms with Crippen molar-refractivity contribution in [1.29, 1.82) is 0 Å². The lowest BCUT2D eigenvalue weighted by atomic mass is 10.2. The van der Waals surface area contributed by atoms with Crippen molar-refractivity contribution in [2.24, 2.45) is 5.73 Å². The van der Waals surface area contributed by atoms with Crippen LogP contribution in [0.5, 0.6) is 0 Å². The van der Waals surface area contributed by atoms with Gasteiger partial charge in [0.05, 0.1) is 0 Å². The van der Waals surface area contributed by atoms with E-state index in [4.69, 9.17) is 5.73 Å². The topological polar surface area (TPSA) is 46.3 Å². The van der Waals surface area contributed by atoms with Crippen LogP contribution in [0.2, 0.25) is 0 Å². The number of anilines is 1. The highest BCUT2D eigenvalue weighted by Crippen LogP contribution is 2.24. The molecular formula is C10H10BrF3N2O. The standard InChI is InChI=1S/C10H10BrF3N2O/c11-7-1-3-8(4-2-7)16(6-5-15)9(17)10(12,13)14/h1-4H,5-6,15H2. The molecule has 0 radical (unpaired) electrons. The van der Waals surface area contributed by atoms with E-state index in [0.29, 0.717) is 9.37 Å². The van der Waals surface area contributed by atoms with E-state index >= 15 is 0 Å². The van der Waals surface area contributed by atoms with Gasteiger partial charge in [0.25, 0.3) is 0 Å². The highest BCUT2D eigenvalue weighted by atomic mass is 79.9. The first-order chi connectivity index (χ1) is 7.86. The largest absolute Gasteiger partial charge is 0.471 e. The summed E-state index contributed by atoms with van der Waals surface area (Å²) in [5.41, 5.74) is 5.37. The average molecular weight is 311 g/mol. The molecule has 0 saturated heterocycles. The van der Waals surface area contributed by atoms with Crippen molar-refractivity contribution >= 4 is 27.5 Å². The fraction of sp³-hybridized carbons (Fsp3) is 0.300. The Labute approximate surface area is 105 Å². The number of amides is 1. The maximum Gasteiger partial charge on any atom is 0.471 e. The summed E-state index contributed by atoms with van der Waals surface area (Å²) in [4.78, 5) is 11.8. The first kappa shape index (κ1) is 14.0. The molecule has 2 N–H and O–H groups in total. The highest BCUT2D eigenvalue weighted by Gasteiger charge is 2.42. The van der Waals surface area contributed by atoms with E-state index in [1.165, 1.54) is 12.1 Å². The van der Waals surface area contributed by atoms with Crippen LogP contribution in [0.25, 0.3) is 0 Å². The molecule has 0 unspecified atom stereocenters. The fourth-order valence-corrected chi connectivity index (χ4v) is 1.52. The van der Waals surface area contributed by atoms with Crippen LogP contribution in [0.1, 0.15) is 0 Å². The Bertz CT molecular complexity index is 392. The summed E-state index contributed by atoms with van der Waals surface area (Å²) < 4.78 is 37.8. The van der Waals surface area contributed by atoms with Gasteiger partial charge in [-0.25, -0.2) is 0 Å². The number of nitrogens with two attached hydrogens (primary N) is 1. The molecule has 0 aliphatic carbocycles. The maximum absolute atomic E-state index is 12.3. The van der Waals surface area contributed by atoms with Gasteiger partial charge in [0, 0.05) is 23.2 Å². The van der Waals surface area contributed by atoms with Crippen LogP contribution in [0.3, 0.4) is 0 Å². The Balaban J connectivity index is 3.01. The van der Waals surface area contributed by atoms with Crippen molar-refractivity contribution in [3.63, 3.8) is 0 Å². The van der Waals surface area contributed by atoms with Crippen LogP contribution in [-0.2, 0) is 4.79 Å². The zero-order valence-corrected chi connectivity index (χ0v) is 10.3.